The molecule has 0 aliphatic rings. The van der Waals surface area contributed by atoms with Gasteiger partial charge in [0.25, 0.3) is 10.0 Å². The van der Waals surface area contributed by atoms with Crippen LogP contribution in [0.4, 0.5) is 5.69 Å². The number of sulfonamides is 1. The van der Waals surface area contributed by atoms with Crippen LogP contribution in [0.3, 0.4) is 0 Å². The highest BCUT2D eigenvalue weighted by Crippen LogP contribution is 2.32. The van der Waals surface area contributed by atoms with Gasteiger partial charge in [-0.15, -0.1) is 0 Å². The fourth-order valence-electron chi connectivity index (χ4n) is 3.94. The number of amides is 2. The van der Waals surface area contributed by atoms with Crippen LogP contribution in [0.15, 0.2) is 76.1 Å². The number of aryl methyl sites for hydroxylation is 1. The molecule has 0 bridgehead atoms. The van der Waals surface area contributed by atoms with Crippen molar-refractivity contribution in [3.63, 3.8) is 0 Å². The summed E-state index contributed by atoms with van der Waals surface area (Å²) in [6, 6.07) is 17.4. The molecular weight excluding hydrogens is 618 g/mol. The Hall–Kier alpha value is -3.08. The Balaban J connectivity index is 2.05. The smallest absolute Gasteiger partial charge is 0.264 e. The molecule has 0 saturated heterocycles. The first-order valence-corrected chi connectivity index (χ1v) is 15.3. The number of nitrogens with zero attached hydrogens (tertiary/aromatic N) is 2. The van der Waals surface area contributed by atoms with Gasteiger partial charge in [-0.2, -0.15) is 0 Å². The summed E-state index contributed by atoms with van der Waals surface area (Å²) in [4.78, 5) is 28.3. The van der Waals surface area contributed by atoms with Crippen molar-refractivity contribution in [2.75, 3.05) is 24.5 Å². The second kappa shape index (κ2) is 14.0. The Bertz CT molecular complexity index is 1430. The zero-order valence-electron chi connectivity index (χ0n) is 22.9. The maximum absolute atomic E-state index is 13.9. The third-order valence-electron chi connectivity index (χ3n) is 6.29. The largest absolute Gasteiger partial charge is 0.495 e. The fraction of sp³-hybridized carbons (Fsp3) is 0.310. The van der Waals surface area contributed by atoms with Crippen LogP contribution in [0.25, 0.3) is 0 Å². The number of ether oxygens (including phenoxy) is 1. The van der Waals surface area contributed by atoms with Gasteiger partial charge in [0.05, 0.1) is 22.7 Å². The first kappa shape index (κ1) is 31.4. The highest BCUT2D eigenvalue weighted by molar-refractivity contribution is 9.10. The van der Waals surface area contributed by atoms with Gasteiger partial charge in [-0.05, 0) is 68.3 Å². The molecule has 3 rings (SSSR count). The molecule has 3 aromatic carbocycles. The van der Waals surface area contributed by atoms with Gasteiger partial charge in [-0.1, -0.05) is 64.3 Å². The minimum Gasteiger partial charge on any atom is -0.495 e. The molecule has 0 fully saturated rings. The van der Waals surface area contributed by atoms with Crippen LogP contribution in [-0.2, 0) is 26.2 Å². The van der Waals surface area contributed by atoms with Crippen molar-refractivity contribution in [2.24, 2.45) is 0 Å². The average Bonchev–Trinajstić information content (AvgIpc) is 2.93. The monoisotopic (exact) mass is 649 g/mol. The van der Waals surface area contributed by atoms with E-state index in [9.17, 15) is 18.0 Å². The van der Waals surface area contributed by atoms with E-state index in [1.807, 2.05) is 38.1 Å². The molecule has 3 aromatic rings. The standard InChI is InChI=1S/C29H33BrClN3O5S/c1-5-16-32-29(36)21(3)33(18-22-8-10-23(30)11-9-22)28(35)19-34(24-12-15-27(39-4)26(31)17-24)40(37,38)25-13-6-20(2)7-14-25/h6-15,17,21H,5,16,18-19H2,1-4H3,(H,32,36)/t21-/m1/s1. The molecular formula is C29H33BrClN3O5S. The summed E-state index contributed by atoms with van der Waals surface area (Å²) in [5.74, 6) is -0.514. The van der Waals surface area contributed by atoms with Gasteiger partial charge in [0.2, 0.25) is 11.8 Å². The Morgan fingerprint density at radius 3 is 2.27 bits per heavy atom. The SMILES string of the molecule is CCCNC(=O)[C@@H](C)N(Cc1ccc(Br)cc1)C(=O)CN(c1ccc(OC)c(Cl)c1)S(=O)(=O)c1ccc(C)cc1. The lowest BCUT2D eigenvalue weighted by Crippen LogP contribution is -2.51. The van der Waals surface area contributed by atoms with E-state index in [2.05, 4.69) is 21.2 Å². The highest BCUT2D eigenvalue weighted by Gasteiger charge is 2.32. The number of nitrogens with one attached hydrogen (secondary N) is 1. The summed E-state index contributed by atoms with van der Waals surface area (Å²) in [5.41, 5.74) is 1.86. The van der Waals surface area contributed by atoms with E-state index in [0.717, 1.165) is 26.3 Å². The van der Waals surface area contributed by atoms with Crippen LogP contribution in [0, 0.1) is 6.92 Å². The topological polar surface area (TPSA) is 96.0 Å². The molecule has 1 atom stereocenters. The molecule has 8 nitrogen and oxygen atoms in total. The Kier molecular flexibility index (Phi) is 11.0. The van der Waals surface area contributed by atoms with Gasteiger partial charge < -0.3 is 15.0 Å². The lowest BCUT2D eigenvalue weighted by molar-refractivity contribution is -0.139. The third-order valence-corrected chi connectivity index (χ3v) is 8.91. The molecule has 0 aliphatic carbocycles. The molecule has 0 heterocycles. The summed E-state index contributed by atoms with van der Waals surface area (Å²) in [6.07, 6.45) is 0.736. The zero-order chi connectivity index (χ0) is 29.4. The van der Waals surface area contributed by atoms with Crippen molar-refractivity contribution >= 4 is 55.1 Å². The van der Waals surface area contributed by atoms with Crippen LogP contribution >= 0.6 is 27.5 Å². The molecule has 40 heavy (non-hydrogen) atoms. The number of carbonyl (C=O) groups excluding carboxylic acids is 2. The number of hydrogen-bond acceptors (Lipinski definition) is 5. The Morgan fingerprint density at radius 2 is 1.70 bits per heavy atom. The van der Waals surface area contributed by atoms with E-state index in [-0.39, 0.29) is 28.1 Å². The maximum Gasteiger partial charge on any atom is 0.264 e. The first-order valence-electron chi connectivity index (χ1n) is 12.7. The molecule has 2 amide bonds. The molecule has 214 valence electrons. The van der Waals surface area contributed by atoms with Gasteiger partial charge in [0, 0.05) is 17.6 Å². The average molecular weight is 651 g/mol. The summed E-state index contributed by atoms with van der Waals surface area (Å²) in [7, 11) is -2.74. The van der Waals surface area contributed by atoms with Crippen LogP contribution < -0.4 is 14.4 Å². The van der Waals surface area contributed by atoms with E-state index in [4.69, 9.17) is 16.3 Å². The molecule has 0 aromatic heterocycles. The number of carbonyl (C=O) groups is 2. The predicted molar refractivity (Wildman–Crippen MR) is 161 cm³/mol. The minimum absolute atomic E-state index is 0.0195. The molecule has 0 radical (unpaired) electrons. The third kappa shape index (κ3) is 7.77. The van der Waals surface area contributed by atoms with Crippen molar-refractivity contribution in [1.82, 2.24) is 10.2 Å². The lowest BCUT2D eigenvalue weighted by Gasteiger charge is -2.32. The van der Waals surface area contributed by atoms with Crippen molar-refractivity contribution in [2.45, 2.75) is 44.7 Å². The normalized spacial score (nSPS) is 11.9. The highest BCUT2D eigenvalue weighted by atomic mass is 79.9. The number of rotatable bonds is 12. The molecule has 0 saturated carbocycles. The van der Waals surface area contributed by atoms with E-state index in [1.165, 1.54) is 36.3 Å². The van der Waals surface area contributed by atoms with Crippen LogP contribution in [0.2, 0.25) is 5.02 Å². The van der Waals surface area contributed by atoms with Crippen LogP contribution in [0.1, 0.15) is 31.4 Å². The van der Waals surface area contributed by atoms with E-state index >= 15 is 0 Å². The second-order valence-electron chi connectivity index (χ2n) is 9.26. The van der Waals surface area contributed by atoms with Gasteiger partial charge in [-0.3, -0.25) is 13.9 Å². The summed E-state index contributed by atoms with van der Waals surface area (Å²) < 4.78 is 34.9. The molecule has 1 N–H and O–H groups in total. The number of anilines is 1. The van der Waals surface area contributed by atoms with Crippen molar-refractivity contribution in [3.8, 4) is 5.75 Å². The quantitative estimate of drug-likeness (QED) is 0.277. The molecule has 0 unspecified atom stereocenters. The maximum atomic E-state index is 13.9. The Labute approximate surface area is 249 Å². The van der Waals surface area contributed by atoms with Crippen molar-refractivity contribution in [1.29, 1.82) is 0 Å². The second-order valence-corrected chi connectivity index (χ2v) is 12.4. The van der Waals surface area contributed by atoms with Crippen LogP contribution in [-0.4, -0.2) is 51.4 Å². The molecule has 0 spiro atoms. The van der Waals surface area contributed by atoms with Crippen molar-refractivity contribution < 1.29 is 22.7 Å². The van der Waals surface area contributed by atoms with Gasteiger partial charge in [0.15, 0.2) is 0 Å². The summed E-state index contributed by atoms with van der Waals surface area (Å²) in [5, 5.41) is 3.02. The number of benzene rings is 3. The lowest BCUT2D eigenvalue weighted by atomic mass is 10.1. The van der Waals surface area contributed by atoms with E-state index in [1.54, 1.807) is 25.1 Å². The Morgan fingerprint density at radius 1 is 1.05 bits per heavy atom. The molecule has 0 aliphatic heterocycles. The summed E-state index contributed by atoms with van der Waals surface area (Å²) >= 11 is 9.76. The molecule has 11 heteroatoms. The number of hydrogen-bond donors (Lipinski definition) is 1. The number of halogens is 2. The summed E-state index contributed by atoms with van der Waals surface area (Å²) in [6.45, 7) is 5.43. The van der Waals surface area contributed by atoms with Crippen molar-refractivity contribution in [3.05, 3.63) is 87.4 Å². The first-order chi connectivity index (χ1) is 19.0. The van der Waals surface area contributed by atoms with Gasteiger partial charge in [-0.25, -0.2) is 8.42 Å². The van der Waals surface area contributed by atoms with Gasteiger partial charge >= 0.3 is 0 Å². The number of methoxy groups -OCH3 is 1. The minimum atomic E-state index is -4.19. The van der Waals surface area contributed by atoms with Gasteiger partial charge in [0.1, 0.15) is 18.3 Å². The van der Waals surface area contributed by atoms with Crippen LogP contribution in [0.5, 0.6) is 5.75 Å². The van der Waals surface area contributed by atoms with E-state index in [0.29, 0.717) is 12.3 Å². The van der Waals surface area contributed by atoms with E-state index < -0.39 is 28.5 Å². The zero-order valence-corrected chi connectivity index (χ0v) is 26.0. The fourth-order valence-corrected chi connectivity index (χ4v) is 5.86. The predicted octanol–water partition coefficient (Wildman–Crippen LogP) is 5.56.